The van der Waals surface area contributed by atoms with Gasteiger partial charge < -0.3 is 20.3 Å². The van der Waals surface area contributed by atoms with Gasteiger partial charge in [0.1, 0.15) is 6.04 Å². The number of nitrogens with one attached hydrogen (secondary N) is 2. The Hall–Kier alpha value is -2.05. The second-order valence-electron chi connectivity index (χ2n) is 5.97. The van der Waals surface area contributed by atoms with Crippen molar-refractivity contribution in [2.75, 3.05) is 13.1 Å². The van der Waals surface area contributed by atoms with Gasteiger partial charge in [-0.15, -0.1) is 0 Å². The lowest BCUT2D eigenvalue weighted by Crippen LogP contribution is -2.52. The first-order valence-electron chi connectivity index (χ1n) is 7.21. The number of nitrogens with zero attached hydrogens (tertiary/aromatic N) is 2. The van der Waals surface area contributed by atoms with Gasteiger partial charge in [-0.25, -0.2) is 14.6 Å². The Morgan fingerprint density at radius 3 is 2.67 bits per heavy atom. The minimum atomic E-state index is -1.05. The van der Waals surface area contributed by atoms with Crippen molar-refractivity contribution in [3.8, 4) is 0 Å². The number of carboxylic acid groups (broad SMARTS) is 1. The van der Waals surface area contributed by atoms with Crippen LogP contribution in [-0.4, -0.2) is 51.1 Å². The summed E-state index contributed by atoms with van der Waals surface area (Å²) in [4.78, 5) is 32.0. The lowest BCUT2D eigenvalue weighted by atomic mass is 9.92. The highest BCUT2D eigenvalue weighted by Crippen LogP contribution is 2.20. The van der Waals surface area contributed by atoms with Crippen LogP contribution in [0.3, 0.4) is 0 Å². The summed E-state index contributed by atoms with van der Waals surface area (Å²) in [6.07, 6.45) is 4.34. The molecule has 1 saturated heterocycles. The molecule has 1 aromatic heterocycles. The molecular formula is C14H22N4O3. The van der Waals surface area contributed by atoms with Crippen molar-refractivity contribution < 1.29 is 14.7 Å². The molecule has 2 rings (SSSR count). The third-order valence-electron chi connectivity index (χ3n) is 3.73. The number of urea groups is 1. The smallest absolute Gasteiger partial charge is 0.326 e. The number of aliphatic carboxylic acids is 1. The molecule has 0 radical (unpaired) electrons. The molecule has 0 aromatic carbocycles. The minimum absolute atomic E-state index is 0.194. The van der Waals surface area contributed by atoms with Gasteiger partial charge in [0.2, 0.25) is 0 Å². The molecule has 0 bridgehead atoms. The molecule has 2 heterocycles. The molecule has 0 spiro atoms. The molecule has 0 saturated carbocycles. The molecule has 1 aromatic rings. The Morgan fingerprint density at radius 2 is 2.14 bits per heavy atom. The quantitative estimate of drug-likeness (QED) is 0.774. The molecule has 0 aliphatic carbocycles. The van der Waals surface area contributed by atoms with Crippen molar-refractivity contribution in [3.05, 3.63) is 18.2 Å². The van der Waals surface area contributed by atoms with E-state index in [0.29, 0.717) is 30.6 Å². The molecule has 3 atom stereocenters. The highest BCUT2D eigenvalue weighted by atomic mass is 16.4. The van der Waals surface area contributed by atoms with Crippen LogP contribution in [0.1, 0.15) is 26.0 Å². The average Bonchev–Trinajstić information content (AvgIpc) is 2.89. The van der Waals surface area contributed by atoms with Crippen LogP contribution in [-0.2, 0) is 11.2 Å². The molecule has 1 aliphatic rings. The number of carboxylic acids is 1. The normalized spacial score (nSPS) is 23.6. The Labute approximate surface area is 123 Å². The SMILES string of the molecule is CC1CC(C)CN(C(=O)NC(Cc2cnc[nH]2)C(=O)O)C1. The van der Waals surface area contributed by atoms with Gasteiger partial charge in [0, 0.05) is 31.4 Å². The second-order valence-corrected chi connectivity index (χ2v) is 5.97. The number of aromatic amines is 1. The van der Waals surface area contributed by atoms with Crippen molar-refractivity contribution in [2.45, 2.75) is 32.7 Å². The van der Waals surface area contributed by atoms with E-state index in [9.17, 15) is 14.7 Å². The number of amides is 2. The fraction of sp³-hybridized carbons (Fsp3) is 0.643. The van der Waals surface area contributed by atoms with Gasteiger partial charge in [0.15, 0.2) is 0 Å². The lowest BCUT2D eigenvalue weighted by molar-refractivity contribution is -0.139. The number of hydrogen-bond acceptors (Lipinski definition) is 3. The second kappa shape index (κ2) is 6.60. The molecule has 3 N–H and O–H groups in total. The molecule has 116 valence electrons. The van der Waals surface area contributed by atoms with Crippen molar-refractivity contribution >= 4 is 12.0 Å². The van der Waals surface area contributed by atoms with Crippen LogP contribution in [0.25, 0.3) is 0 Å². The Kier molecular flexibility index (Phi) is 4.82. The summed E-state index contributed by atoms with van der Waals surface area (Å²) < 4.78 is 0. The number of imidazole rings is 1. The maximum absolute atomic E-state index is 12.3. The summed E-state index contributed by atoms with van der Waals surface area (Å²) in [6, 6.07) is -1.26. The molecule has 1 aliphatic heterocycles. The van der Waals surface area contributed by atoms with E-state index in [4.69, 9.17) is 0 Å². The highest BCUT2D eigenvalue weighted by Gasteiger charge is 2.28. The van der Waals surface area contributed by atoms with E-state index in [2.05, 4.69) is 29.1 Å². The topological polar surface area (TPSA) is 98.3 Å². The van der Waals surface area contributed by atoms with Crippen LogP contribution < -0.4 is 5.32 Å². The van der Waals surface area contributed by atoms with Gasteiger partial charge in [0.05, 0.1) is 6.33 Å². The zero-order valence-electron chi connectivity index (χ0n) is 12.4. The first-order valence-corrected chi connectivity index (χ1v) is 7.21. The number of likely N-dealkylation sites (tertiary alicyclic amines) is 1. The van der Waals surface area contributed by atoms with Gasteiger partial charge in [-0.1, -0.05) is 13.8 Å². The predicted octanol–water partition coefficient (Wildman–Crippen LogP) is 1.09. The third kappa shape index (κ3) is 4.21. The first kappa shape index (κ1) is 15.3. The van der Waals surface area contributed by atoms with Crippen LogP contribution >= 0.6 is 0 Å². The van der Waals surface area contributed by atoms with Gasteiger partial charge in [-0.2, -0.15) is 0 Å². The van der Waals surface area contributed by atoms with Crippen LogP contribution in [0, 0.1) is 11.8 Å². The zero-order valence-corrected chi connectivity index (χ0v) is 12.4. The van der Waals surface area contributed by atoms with E-state index >= 15 is 0 Å². The van der Waals surface area contributed by atoms with Crippen molar-refractivity contribution in [1.29, 1.82) is 0 Å². The Bertz CT molecular complexity index is 478. The fourth-order valence-electron chi connectivity index (χ4n) is 2.89. The molecular weight excluding hydrogens is 272 g/mol. The van der Waals surface area contributed by atoms with E-state index in [1.807, 2.05) is 0 Å². The van der Waals surface area contributed by atoms with Crippen LogP contribution in [0.4, 0.5) is 4.79 Å². The van der Waals surface area contributed by atoms with Crippen molar-refractivity contribution in [2.24, 2.45) is 11.8 Å². The van der Waals surface area contributed by atoms with E-state index in [1.54, 1.807) is 11.1 Å². The van der Waals surface area contributed by atoms with Gasteiger partial charge >= 0.3 is 12.0 Å². The lowest BCUT2D eigenvalue weighted by Gasteiger charge is -2.35. The largest absolute Gasteiger partial charge is 0.480 e. The van der Waals surface area contributed by atoms with E-state index in [1.165, 1.54) is 6.33 Å². The first-order chi connectivity index (χ1) is 9.95. The minimum Gasteiger partial charge on any atom is -0.480 e. The van der Waals surface area contributed by atoms with Crippen LogP contribution in [0.15, 0.2) is 12.5 Å². The Balaban J connectivity index is 1.96. The summed E-state index contributed by atoms with van der Waals surface area (Å²) in [5, 5.41) is 11.9. The standard InChI is InChI=1S/C14H22N4O3/c1-9-3-10(2)7-18(6-9)14(21)17-12(13(19)20)4-11-5-15-8-16-11/h5,8-10,12H,3-4,6-7H2,1-2H3,(H,15,16)(H,17,21)(H,19,20). The number of carbonyl (C=O) groups is 2. The van der Waals surface area contributed by atoms with E-state index in [0.717, 1.165) is 6.42 Å². The molecule has 7 heteroatoms. The number of piperidine rings is 1. The molecule has 21 heavy (non-hydrogen) atoms. The summed E-state index contributed by atoms with van der Waals surface area (Å²) in [7, 11) is 0. The zero-order chi connectivity index (χ0) is 15.4. The predicted molar refractivity (Wildman–Crippen MR) is 76.8 cm³/mol. The number of hydrogen-bond donors (Lipinski definition) is 3. The average molecular weight is 294 g/mol. The highest BCUT2D eigenvalue weighted by molar-refractivity contribution is 5.82. The molecule has 3 unspecified atom stereocenters. The van der Waals surface area contributed by atoms with Gasteiger partial charge in [0.25, 0.3) is 0 Å². The number of rotatable bonds is 4. The maximum Gasteiger partial charge on any atom is 0.326 e. The number of H-pyrrole nitrogens is 1. The van der Waals surface area contributed by atoms with Gasteiger partial charge in [-0.3, -0.25) is 0 Å². The summed E-state index contributed by atoms with van der Waals surface area (Å²) >= 11 is 0. The molecule has 7 nitrogen and oxygen atoms in total. The molecule has 2 amide bonds. The van der Waals surface area contributed by atoms with Crippen molar-refractivity contribution in [1.82, 2.24) is 20.2 Å². The monoisotopic (exact) mass is 294 g/mol. The van der Waals surface area contributed by atoms with Crippen LogP contribution in [0.5, 0.6) is 0 Å². The van der Waals surface area contributed by atoms with E-state index < -0.39 is 12.0 Å². The molecule has 1 fully saturated rings. The maximum atomic E-state index is 12.3. The van der Waals surface area contributed by atoms with E-state index in [-0.39, 0.29) is 12.5 Å². The summed E-state index contributed by atoms with van der Waals surface area (Å²) in [5.41, 5.74) is 0.683. The van der Waals surface area contributed by atoms with Crippen LogP contribution in [0.2, 0.25) is 0 Å². The summed E-state index contributed by atoms with van der Waals surface area (Å²) in [5.74, 6) is -0.165. The number of aromatic nitrogens is 2. The third-order valence-corrected chi connectivity index (χ3v) is 3.73. The van der Waals surface area contributed by atoms with Gasteiger partial charge in [-0.05, 0) is 18.3 Å². The fourth-order valence-corrected chi connectivity index (χ4v) is 2.89. The Morgan fingerprint density at radius 1 is 1.48 bits per heavy atom. The number of carbonyl (C=O) groups excluding carboxylic acids is 1. The van der Waals surface area contributed by atoms with Crippen molar-refractivity contribution in [3.63, 3.8) is 0 Å². The summed E-state index contributed by atoms with van der Waals surface area (Å²) in [6.45, 7) is 5.56.